The number of aromatic nitrogens is 4. The van der Waals surface area contributed by atoms with Crippen molar-refractivity contribution in [1.82, 2.24) is 24.4 Å². The molecule has 4 aromatic heterocycles. The van der Waals surface area contributed by atoms with Gasteiger partial charge in [-0.25, -0.2) is 19.6 Å². The van der Waals surface area contributed by atoms with E-state index in [1.807, 2.05) is 13.0 Å². The molecule has 0 saturated carbocycles. The summed E-state index contributed by atoms with van der Waals surface area (Å²) >= 11 is 5.14. The van der Waals surface area contributed by atoms with Gasteiger partial charge in [0.25, 0.3) is 11.1 Å². The number of aliphatic hydroxyl groups excluding tert-OH is 1. The molecule has 0 aliphatic carbocycles. The first-order valence-corrected chi connectivity index (χ1v) is 25.0. The fraction of sp³-hybridized carbons (Fsp3) is 0.396. The summed E-state index contributed by atoms with van der Waals surface area (Å²) in [5.41, 5.74) is 2.96. The van der Waals surface area contributed by atoms with Gasteiger partial charge in [-0.1, -0.05) is 27.7 Å². The Balaban J connectivity index is 0.000000154. The van der Waals surface area contributed by atoms with Gasteiger partial charge in [-0.05, 0) is 48.2 Å². The van der Waals surface area contributed by atoms with Gasteiger partial charge in [-0.3, -0.25) is 19.2 Å². The van der Waals surface area contributed by atoms with Crippen LogP contribution in [0.1, 0.15) is 104 Å². The molecule has 2 atom stereocenters. The molecular formula is C53H52ClN5O16. The number of esters is 2. The second-order valence-corrected chi connectivity index (χ2v) is 18.7. The van der Waals surface area contributed by atoms with Gasteiger partial charge in [0, 0.05) is 64.4 Å². The highest BCUT2D eigenvalue weighted by molar-refractivity contribution is 6.18. The van der Waals surface area contributed by atoms with Crippen molar-refractivity contribution in [2.45, 2.75) is 111 Å². The second-order valence-electron chi connectivity index (χ2n) is 18.4. The number of nitrogens with zero attached hydrogens (tertiary/aromatic N) is 4. The number of rotatable bonds is 11. The molecule has 2 aromatic carbocycles. The smallest absolute Gasteiger partial charge is 0.343 e. The number of nitrogens with one attached hydrogen (secondary N) is 1. The summed E-state index contributed by atoms with van der Waals surface area (Å²) in [5.74, 6) is 0.907. The van der Waals surface area contributed by atoms with Crippen molar-refractivity contribution in [2.24, 2.45) is 0 Å². The lowest BCUT2D eigenvalue weighted by Gasteiger charge is -2.31. The van der Waals surface area contributed by atoms with Crippen molar-refractivity contribution in [1.29, 1.82) is 0 Å². The molecule has 1 amide bonds. The fourth-order valence-electron chi connectivity index (χ4n) is 10.2. The van der Waals surface area contributed by atoms with Crippen LogP contribution in [0.25, 0.3) is 44.6 Å². The number of amides is 1. The van der Waals surface area contributed by atoms with Crippen molar-refractivity contribution in [3.8, 4) is 45.8 Å². The zero-order valence-electron chi connectivity index (χ0n) is 41.4. The number of ether oxygens (including phenoxy) is 7. The first kappa shape index (κ1) is 51.1. The number of hydrogen-bond donors (Lipinski definition) is 4. The lowest BCUT2D eigenvalue weighted by Crippen LogP contribution is -2.44. The van der Waals surface area contributed by atoms with E-state index < -0.39 is 23.1 Å². The first-order valence-electron chi connectivity index (χ1n) is 24.5. The van der Waals surface area contributed by atoms with Gasteiger partial charge in [0.15, 0.2) is 34.2 Å². The van der Waals surface area contributed by atoms with Gasteiger partial charge in [0.2, 0.25) is 19.5 Å². The summed E-state index contributed by atoms with van der Waals surface area (Å²) in [5, 5.41) is 36.2. The minimum Gasteiger partial charge on any atom is -0.458 e. The van der Waals surface area contributed by atoms with E-state index in [1.165, 1.54) is 0 Å². The Morgan fingerprint density at radius 3 is 1.56 bits per heavy atom. The molecule has 22 heteroatoms. The number of aliphatic hydroxyl groups is 3. The molecule has 0 unspecified atom stereocenters. The third-order valence-electron chi connectivity index (χ3n) is 14.5. The fourth-order valence-corrected chi connectivity index (χ4v) is 10.3. The Hall–Kier alpha value is -7.43. The Morgan fingerprint density at radius 1 is 0.667 bits per heavy atom. The molecule has 21 nitrogen and oxygen atoms in total. The Bertz CT molecular complexity index is 3540. The van der Waals surface area contributed by atoms with Gasteiger partial charge >= 0.3 is 11.9 Å². The van der Waals surface area contributed by atoms with E-state index in [2.05, 4.69) is 5.32 Å². The van der Waals surface area contributed by atoms with Crippen molar-refractivity contribution < 1.29 is 67.7 Å². The predicted octanol–water partition coefficient (Wildman–Crippen LogP) is 4.70. The van der Waals surface area contributed by atoms with Gasteiger partial charge in [0.1, 0.15) is 19.0 Å². The number of benzene rings is 2. The molecule has 392 valence electrons. The van der Waals surface area contributed by atoms with Crippen molar-refractivity contribution in [3.05, 3.63) is 102 Å². The third-order valence-corrected chi connectivity index (χ3v) is 14.6. The van der Waals surface area contributed by atoms with Crippen LogP contribution in [0.3, 0.4) is 0 Å². The average molecular weight is 1050 g/mol. The monoisotopic (exact) mass is 1050 g/mol. The number of ketones is 1. The van der Waals surface area contributed by atoms with Gasteiger partial charge in [0.05, 0.1) is 83.9 Å². The highest BCUT2D eigenvalue weighted by Gasteiger charge is 2.47. The van der Waals surface area contributed by atoms with Crippen LogP contribution < -0.4 is 35.4 Å². The van der Waals surface area contributed by atoms with Crippen LogP contribution in [0.4, 0.5) is 0 Å². The van der Waals surface area contributed by atoms with Crippen molar-refractivity contribution in [2.75, 3.05) is 26.2 Å². The number of carbonyl (C=O) groups is 4. The van der Waals surface area contributed by atoms with Crippen LogP contribution in [-0.4, -0.2) is 84.2 Å². The van der Waals surface area contributed by atoms with Crippen molar-refractivity contribution in [3.63, 3.8) is 0 Å². The van der Waals surface area contributed by atoms with Gasteiger partial charge in [-0.15, -0.1) is 11.6 Å². The number of fused-ring (bicyclic) bond motifs is 12. The average Bonchev–Trinajstić information content (AvgIpc) is 4.27. The summed E-state index contributed by atoms with van der Waals surface area (Å²) in [6.45, 7) is 7.51. The van der Waals surface area contributed by atoms with Crippen molar-refractivity contribution >= 4 is 57.0 Å². The molecule has 75 heavy (non-hydrogen) atoms. The lowest BCUT2D eigenvalue weighted by molar-refractivity contribution is -0.172. The number of cyclic esters (lactones) is 2. The maximum Gasteiger partial charge on any atom is 0.343 e. The molecule has 0 bridgehead atoms. The minimum atomic E-state index is -1.90. The number of carbonyl (C=O) groups excluding carboxylic acids is 4. The second kappa shape index (κ2) is 20.0. The molecule has 6 aromatic rings. The van der Waals surface area contributed by atoms with Crippen LogP contribution in [0, 0.1) is 0 Å². The Kier molecular flexibility index (Phi) is 13.6. The molecule has 10 heterocycles. The molecule has 4 N–H and O–H groups in total. The number of hydrogen-bond acceptors (Lipinski definition) is 18. The van der Waals surface area contributed by atoms with E-state index in [-0.39, 0.29) is 124 Å². The van der Waals surface area contributed by atoms with Crippen LogP contribution in [-0.2, 0) is 84.1 Å². The highest BCUT2D eigenvalue weighted by Crippen LogP contribution is 2.45. The molecule has 12 rings (SSSR count). The molecule has 0 saturated heterocycles. The summed E-state index contributed by atoms with van der Waals surface area (Å²) in [6.07, 6.45) is 1.43. The third kappa shape index (κ3) is 8.51. The number of alkyl halides is 1. The van der Waals surface area contributed by atoms with E-state index >= 15 is 0 Å². The van der Waals surface area contributed by atoms with Crippen LogP contribution >= 0.6 is 11.6 Å². The van der Waals surface area contributed by atoms with Crippen LogP contribution in [0.5, 0.6) is 23.0 Å². The van der Waals surface area contributed by atoms with E-state index in [0.29, 0.717) is 81.6 Å². The lowest BCUT2D eigenvalue weighted by atomic mass is 9.86. The first-order chi connectivity index (χ1) is 36.1. The predicted molar refractivity (Wildman–Crippen MR) is 266 cm³/mol. The SMILES string of the molecule is CCC(=O)CCOCc1c2c(nc3cc4c(cc13)OCO4)-c1cc3c(c(=O)n1C2)COC(=O)[C@]3(O)CC.CCC(=O)NCCl.CC[C@@]1(O)C(=O)OCc2c1cc1n(c2=O)Cc2c-1nc1cc3c(cc1c2CO)OCO3. The Labute approximate surface area is 431 Å². The number of pyridine rings is 4. The van der Waals surface area contributed by atoms with Gasteiger partial charge < -0.3 is 62.9 Å². The van der Waals surface area contributed by atoms with E-state index in [4.69, 9.17) is 54.7 Å². The molecule has 0 radical (unpaired) electrons. The van der Waals surface area contributed by atoms with Crippen LogP contribution in [0.2, 0.25) is 0 Å². The topological polar surface area (TPSA) is 275 Å². The van der Waals surface area contributed by atoms with Crippen LogP contribution in [0.15, 0.2) is 46.0 Å². The van der Waals surface area contributed by atoms with Gasteiger partial charge in [-0.2, -0.15) is 0 Å². The number of halogens is 1. The summed E-state index contributed by atoms with van der Waals surface area (Å²) in [4.78, 5) is 83.2. The quantitative estimate of drug-likeness (QED) is 0.0591. The van der Waals surface area contributed by atoms with E-state index in [1.54, 1.807) is 60.2 Å². The molecule has 0 fully saturated rings. The zero-order valence-corrected chi connectivity index (χ0v) is 42.1. The summed E-state index contributed by atoms with van der Waals surface area (Å²) in [7, 11) is 0. The largest absolute Gasteiger partial charge is 0.458 e. The van der Waals surface area contributed by atoms with E-state index in [0.717, 1.165) is 27.5 Å². The standard InChI is InChI=1S/C27H26N2O8.C22H18N2O7.C4H8ClNO/c1-3-14(30)5-6-34-11-17-15-7-22-23(37-13-36-22)9-20(15)28-24-16(17)10-29-21(24)8-19-18(25(29)31)12-35-26(32)27(19,33)4-2;1-2-22(28)14-4-16-19-11(6-24(16)20(26)13(14)8-29-21(22)27)12(7-25)10-3-17-18(31-9-30-17)5-15(10)23-19;1-2-4(7)6-3-5/h7-9,33H,3-6,10-13H2,1-2H3;3-5,25,28H,2,6-9H2,1H3;2-3H2,1H3,(H,6,7)/t27-;22-;/m00./s1. The summed E-state index contributed by atoms with van der Waals surface area (Å²) < 4.78 is 41.4. The minimum absolute atomic E-state index is 0.00463. The highest BCUT2D eigenvalue weighted by atomic mass is 35.5. The summed E-state index contributed by atoms with van der Waals surface area (Å²) in [6, 6.07) is 10.7. The maximum absolute atomic E-state index is 13.5. The molecule has 6 aliphatic rings. The molecule has 0 spiro atoms. The zero-order chi connectivity index (χ0) is 53.1. The molecule has 6 aliphatic heterocycles. The molecular weight excluding hydrogens is 998 g/mol. The van der Waals surface area contributed by atoms with E-state index in [9.17, 15) is 44.1 Å². The number of Topliss-reactive ketones (excluding diaryl/α,β-unsaturated/α-hetero) is 1. The maximum atomic E-state index is 13.5. The normalized spacial score (nSPS) is 18.6. The Morgan fingerprint density at radius 2 is 1.13 bits per heavy atom.